The quantitative estimate of drug-likeness (QED) is 0.389. The summed E-state index contributed by atoms with van der Waals surface area (Å²) in [4.78, 5) is 39.5. The lowest BCUT2D eigenvalue weighted by atomic mass is 9.97. The highest BCUT2D eigenvalue weighted by molar-refractivity contribution is 7.18. The molecular formula is C26H23N5O2S. The van der Waals surface area contributed by atoms with Gasteiger partial charge in [-0.05, 0) is 55.5 Å². The summed E-state index contributed by atoms with van der Waals surface area (Å²) in [7, 11) is 0. The molecule has 0 spiro atoms. The van der Waals surface area contributed by atoms with Gasteiger partial charge in [-0.2, -0.15) is 0 Å². The van der Waals surface area contributed by atoms with Crippen LogP contribution in [0.25, 0.3) is 27.1 Å². The number of carbonyl (C=O) groups is 1. The molecule has 5 aromatic rings. The SMILES string of the molecule is O=C(CCc1nc2sc3c(c2c(=O)[nH]1)CCCC3)Nc1ccc(-c2cn3ccccc3n2)cc1. The summed E-state index contributed by atoms with van der Waals surface area (Å²) >= 11 is 1.63. The van der Waals surface area contributed by atoms with E-state index in [1.807, 2.05) is 59.3 Å². The van der Waals surface area contributed by atoms with Crippen molar-refractivity contribution in [2.24, 2.45) is 0 Å². The number of aromatic amines is 1. The van der Waals surface area contributed by atoms with E-state index in [1.165, 1.54) is 16.9 Å². The molecule has 1 aromatic carbocycles. The van der Waals surface area contributed by atoms with Gasteiger partial charge in [-0.25, -0.2) is 9.97 Å². The molecular weight excluding hydrogens is 446 g/mol. The molecule has 7 nitrogen and oxygen atoms in total. The van der Waals surface area contributed by atoms with Crippen molar-refractivity contribution in [2.45, 2.75) is 38.5 Å². The molecule has 0 atom stereocenters. The topological polar surface area (TPSA) is 92.1 Å². The zero-order valence-corrected chi connectivity index (χ0v) is 19.3. The normalized spacial score (nSPS) is 13.3. The van der Waals surface area contributed by atoms with Crippen LogP contribution in [0.15, 0.2) is 59.7 Å². The highest BCUT2D eigenvalue weighted by Gasteiger charge is 2.20. The van der Waals surface area contributed by atoms with E-state index >= 15 is 0 Å². The summed E-state index contributed by atoms with van der Waals surface area (Å²) in [6, 6.07) is 13.5. The minimum Gasteiger partial charge on any atom is -0.326 e. The number of aromatic nitrogens is 4. The number of fused-ring (bicyclic) bond motifs is 4. The number of H-pyrrole nitrogens is 1. The fourth-order valence-electron chi connectivity index (χ4n) is 4.58. The molecule has 0 aliphatic heterocycles. The summed E-state index contributed by atoms with van der Waals surface area (Å²) in [5, 5.41) is 3.68. The second-order valence-electron chi connectivity index (χ2n) is 8.62. The maximum atomic E-state index is 12.7. The Morgan fingerprint density at radius 2 is 1.94 bits per heavy atom. The maximum absolute atomic E-state index is 12.7. The van der Waals surface area contributed by atoms with Crippen LogP contribution >= 0.6 is 11.3 Å². The lowest BCUT2D eigenvalue weighted by Crippen LogP contribution is -2.16. The summed E-state index contributed by atoms with van der Waals surface area (Å²) in [6.07, 6.45) is 8.86. The zero-order chi connectivity index (χ0) is 23.1. The molecule has 2 N–H and O–H groups in total. The maximum Gasteiger partial charge on any atom is 0.259 e. The van der Waals surface area contributed by atoms with Gasteiger partial charge in [0.15, 0.2) is 0 Å². The van der Waals surface area contributed by atoms with E-state index in [2.05, 4.69) is 20.3 Å². The molecule has 34 heavy (non-hydrogen) atoms. The van der Waals surface area contributed by atoms with Crippen LogP contribution < -0.4 is 10.9 Å². The Morgan fingerprint density at radius 3 is 2.79 bits per heavy atom. The van der Waals surface area contributed by atoms with Gasteiger partial charge in [0.1, 0.15) is 16.3 Å². The van der Waals surface area contributed by atoms with Gasteiger partial charge in [0.2, 0.25) is 5.91 Å². The Kier molecular flexibility index (Phi) is 5.22. The Balaban J connectivity index is 1.12. The molecule has 0 bridgehead atoms. The minimum atomic E-state index is -0.117. The van der Waals surface area contributed by atoms with E-state index in [9.17, 15) is 9.59 Å². The first-order valence-electron chi connectivity index (χ1n) is 11.5. The summed E-state index contributed by atoms with van der Waals surface area (Å²) < 4.78 is 1.98. The predicted octanol–water partition coefficient (Wildman–Crippen LogP) is 4.75. The van der Waals surface area contributed by atoms with Crippen molar-refractivity contribution in [1.82, 2.24) is 19.4 Å². The van der Waals surface area contributed by atoms with Gasteiger partial charge in [0.25, 0.3) is 5.56 Å². The molecule has 4 heterocycles. The Bertz CT molecular complexity index is 1550. The number of nitrogens with one attached hydrogen (secondary N) is 2. The fourth-order valence-corrected chi connectivity index (χ4v) is 5.86. The predicted molar refractivity (Wildman–Crippen MR) is 134 cm³/mol. The molecule has 1 aliphatic rings. The molecule has 0 unspecified atom stereocenters. The smallest absolute Gasteiger partial charge is 0.259 e. The number of thiophene rings is 1. The van der Waals surface area contributed by atoms with Crippen LogP contribution in [0.2, 0.25) is 0 Å². The van der Waals surface area contributed by atoms with Gasteiger partial charge in [-0.3, -0.25) is 9.59 Å². The van der Waals surface area contributed by atoms with Crippen LogP contribution in [0.1, 0.15) is 35.5 Å². The lowest BCUT2D eigenvalue weighted by Gasteiger charge is -2.09. The Morgan fingerprint density at radius 1 is 1.09 bits per heavy atom. The third-order valence-electron chi connectivity index (χ3n) is 6.29. The highest BCUT2D eigenvalue weighted by Crippen LogP contribution is 2.33. The molecule has 0 radical (unpaired) electrons. The van der Waals surface area contributed by atoms with Gasteiger partial charge in [0, 0.05) is 41.4 Å². The number of rotatable bonds is 5. The van der Waals surface area contributed by atoms with Crippen LogP contribution in [0, 0.1) is 0 Å². The molecule has 6 rings (SSSR count). The number of nitrogens with zero attached hydrogens (tertiary/aromatic N) is 3. The average Bonchev–Trinajstić information content (AvgIpc) is 3.45. The number of aryl methyl sites for hydroxylation is 3. The molecule has 1 aliphatic carbocycles. The number of pyridine rings is 1. The van der Waals surface area contributed by atoms with Gasteiger partial charge in [0.05, 0.1) is 11.1 Å². The van der Waals surface area contributed by atoms with Crippen molar-refractivity contribution in [2.75, 3.05) is 5.32 Å². The van der Waals surface area contributed by atoms with Crippen LogP contribution in [-0.4, -0.2) is 25.3 Å². The van der Waals surface area contributed by atoms with Crippen molar-refractivity contribution in [3.8, 4) is 11.3 Å². The standard InChI is InChI=1S/C26H23N5O2S/c32-23(13-12-21-29-25(33)24-18-5-1-2-6-20(18)34-26(24)30-21)27-17-10-8-16(9-11-17)19-15-31-14-4-3-7-22(31)28-19/h3-4,7-11,14-15H,1-2,5-6,12-13H2,(H,27,32)(H,29,30,33). The zero-order valence-electron chi connectivity index (χ0n) is 18.5. The van der Waals surface area contributed by atoms with Crippen LogP contribution in [0.4, 0.5) is 5.69 Å². The first kappa shape index (κ1) is 20.8. The molecule has 4 aromatic heterocycles. The van der Waals surface area contributed by atoms with E-state index in [1.54, 1.807) is 11.3 Å². The summed E-state index contributed by atoms with van der Waals surface area (Å²) in [5.41, 5.74) is 4.57. The van der Waals surface area contributed by atoms with E-state index in [4.69, 9.17) is 0 Å². The average molecular weight is 470 g/mol. The first-order valence-corrected chi connectivity index (χ1v) is 12.3. The van der Waals surface area contributed by atoms with Gasteiger partial charge >= 0.3 is 0 Å². The van der Waals surface area contributed by atoms with Crippen molar-refractivity contribution in [3.05, 3.63) is 81.5 Å². The van der Waals surface area contributed by atoms with E-state index in [0.29, 0.717) is 12.2 Å². The largest absolute Gasteiger partial charge is 0.326 e. The third-order valence-corrected chi connectivity index (χ3v) is 7.48. The molecule has 8 heteroatoms. The summed E-state index contributed by atoms with van der Waals surface area (Å²) in [5.74, 6) is 0.446. The second kappa shape index (κ2) is 8.53. The third kappa shape index (κ3) is 3.90. The van der Waals surface area contributed by atoms with Crippen molar-refractivity contribution < 1.29 is 4.79 Å². The first-order chi connectivity index (χ1) is 16.6. The summed E-state index contributed by atoms with van der Waals surface area (Å²) in [6.45, 7) is 0. The van der Waals surface area contributed by atoms with E-state index in [-0.39, 0.29) is 17.9 Å². The minimum absolute atomic E-state index is 0.0812. The van der Waals surface area contributed by atoms with Gasteiger partial charge in [-0.1, -0.05) is 18.2 Å². The molecule has 0 saturated heterocycles. The lowest BCUT2D eigenvalue weighted by molar-refractivity contribution is -0.116. The number of amides is 1. The van der Waals surface area contributed by atoms with Gasteiger partial charge < -0.3 is 14.7 Å². The van der Waals surface area contributed by atoms with Gasteiger partial charge in [-0.15, -0.1) is 11.3 Å². The number of hydrogen-bond donors (Lipinski definition) is 2. The molecule has 170 valence electrons. The molecule has 0 fully saturated rings. The van der Waals surface area contributed by atoms with Crippen LogP contribution in [-0.2, 0) is 24.1 Å². The number of carbonyl (C=O) groups excluding carboxylic acids is 1. The van der Waals surface area contributed by atoms with Crippen LogP contribution in [0.3, 0.4) is 0 Å². The Labute approximate surface area is 199 Å². The van der Waals surface area contributed by atoms with Crippen molar-refractivity contribution in [1.29, 1.82) is 0 Å². The van der Waals surface area contributed by atoms with E-state index < -0.39 is 0 Å². The van der Waals surface area contributed by atoms with E-state index in [0.717, 1.165) is 52.1 Å². The fraction of sp³-hybridized carbons (Fsp3) is 0.231. The van der Waals surface area contributed by atoms with Crippen LogP contribution in [0.5, 0.6) is 0 Å². The molecule has 1 amide bonds. The van der Waals surface area contributed by atoms with Crippen molar-refractivity contribution in [3.63, 3.8) is 0 Å². The molecule has 0 saturated carbocycles. The van der Waals surface area contributed by atoms with Crippen molar-refractivity contribution >= 4 is 38.8 Å². The highest BCUT2D eigenvalue weighted by atomic mass is 32.1. The number of benzene rings is 1. The second-order valence-corrected chi connectivity index (χ2v) is 9.71. The number of hydrogen-bond acceptors (Lipinski definition) is 5. The number of imidazole rings is 1. The number of anilines is 1. The monoisotopic (exact) mass is 469 g/mol. The Hall–Kier alpha value is -3.78.